The highest BCUT2D eigenvalue weighted by atomic mass is 32.2. The van der Waals surface area contributed by atoms with Gasteiger partial charge in [-0.3, -0.25) is 4.21 Å². The van der Waals surface area contributed by atoms with E-state index in [2.05, 4.69) is 14.6 Å². The third kappa shape index (κ3) is 4.22. The molecule has 1 aliphatic heterocycles. The van der Waals surface area contributed by atoms with Gasteiger partial charge in [0.15, 0.2) is 0 Å². The molecule has 0 radical (unpaired) electrons. The van der Waals surface area contributed by atoms with Crippen molar-refractivity contribution >= 4 is 16.5 Å². The molecule has 0 atom stereocenters. The van der Waals surface area contributed by atoms with E-state index in [9.17, 15) is 13.0 Å². The van der Waals surface area contributed by atoms with Crippen LogP contribution in [0.1, 0.15) is 0 Å². The summed E-state index contributed by atoms with van der Waals surface area (Å²) in [7, 11) is -0.704. The van der Waals surface area contributed by atoms with Crippen LogP contribution in [-0.4, -0.2) is 40.4 Å². The summed E-state index contributed by atoms with van der Waals surface area (Å²) in [4.78, 5) is 6.68. The molecule has 1 fully saturated rings. The Bertz CT molecular complexity index is 966. The van der Waals surface area contributed by atoms with E-state index in [-0.39, 0.29) is 5.75 Å². The molecular formula is C20H18F2N2O3S. The van der Waals surface area contributed by atoms with Crippen molar-refractivity contribution in [3.05, 3.63) is 54.8 Å². The number of hydrogen-bond donors (Lipinski definition) is 0. The molecule has 2 heterocycles. The van der Waals surface area contributed by atoms with E-state index in [1.807, 2.05) is 24.3 Å². The minimum atomic E-state index is -2.88. The lowest BCUT2D eigenvalue weighted by Gasteiger charge is -2.28. The maximum Gasteiger partial charge on any atom is 0.387 e. The zero-order valence-corrected chi connectivity index (χ0v) is 15.7. The van der Waals surface area contributed by atoms with Crippen LogP contribution in [0, 0.1) is 0 Å². The van der Waals surface area contributed by atoms with E-state index < -0.39 is 17.4 Å². The molecule has 0 amide bonds. The fourth-order valence-corrected chi connectivity index (χ4v) is 4.14. The normalized spacial score (nSPS) is 15.2. The first kappa shape index (κ1) is 18.6. The molecular weight excluding hydrogens is 386 g/mol. The van der Waals surface area contributed by atoms with E-state index in [0.29, 0.717) is 28.7 Å². The van der Waals surface area contributed by atoms with E-state index in [0.717, 1.165) is 24.3 Å². The largest absolute Gasteiger partial charge is 0.444 e. The van der Waals surface area contributed by atoms with E-state index in [1.165, 1.54) is 18.4 Å². The van der Waals surface area contributed by atoms with Gasteiger partial charge >= 0.3 is 6.61 Å². The van der Waals surface area contributed by atoms with Crippen molar-refractivity contribution in [3.63, 3.8) is 0 Å². The fourth-order valence-electron chi connectivity index (χ4n) is 3.08. The Kier molecular flexibility index (Phi) is 5.38. The predicted molar refractivity (Wildman–Crippen MR) is 104 cm³/mol. The average Bonchev–Trinajstić information content (AvgIpc) is 3.19. The summed E-state index contributed by atoms with van der Waals surface area (Å²) < 4.78 is 46.2. The number of aromatic nitrogens is 1. The summed E-state index contributed by atoms with van der Waals surface area (Å²) >= 11 is 0. The van der Waals surface area contributed by atoms with Crippen molar-refractivity contribution in [1.82, 2.24) is 4.98 Å². The number of nitrogens with zero attached hydrogens (tertiary/aromatic N) is 2. The molecule has 0 saturated carbocycles. The van der Waals surface area contributed by atoms with Crippen LogP contribution in [0.4, 0.5) is 14.5 Å². The van der Waals surface area contributed by atoms with E-state index in [4.69, 9.17) is 4.42 Å². The lowest BCUT2D eigenvalue weighted by molar-refractivity contribution is -0.0498. The second kappa shape index (κ2) is 8.10. The fraction of sp³-hybridized carbons (Fsp3) is 0.250. The SMILES string of the molecule is O=S1CCN(c2ccc(-c3coc(-c4cccc(OC(F)F)c4)n3)cc2)CC1. The van der Waals surface area contributed by atoms with Gasteiger partial charge in [-0.05, 0) is 30.3 Å². The summed E-state index contributed by atoms with van der Waals surface area (Å²) in [6.45, 7) is -1.30. The van der Waals surface area contributed by atoms with Crippen molar-refractivity contribution in [2.45, 2.75) is 6.61 Å². The summed E-state index contributed by atoms with van der Waals surface area (Å²) in [5.41, 5.74) is 3.18. The molecule has 0 N–H and O–H groups in total. The van der Waals surface area contributed by atoms with Gasteiger partial charge < -0.3 is 14.1 Å². The summed E-state index contributed by atoms with van der Waals surface area (Å²) in [6.07, 6.45) is 1.54. The average molecular weight is 404 g/mol. The molecule has 0 unspecified atom stereocenters. The van der Waals surface area contributed by atoms with Crippen LogP contribution < -0.4 is 9.64 Å². The maximum absolute atomic E-state index is 12.4. The first-order valence-electron chi connectivity index (χ1n) is 8.79. The number of anilines is 1. The maximum atomic E-state index is 12.4. The van der Waals surface area contributed by atoms with Gasteiger partial charge in [0.1, 0.15) is 17.7 Å². The van der Waals surface area contributed by atoms with E-state index in [1.54, 1.807) is 12.1 Å². The zero-order chi connectivity index (χ0) is 19.5. The third-order valence-corrected chi connectivity index (χ3v) is 5.79. The lowest BCUT2D eigenvalue weighted by Crippen LogP contribution is -2.37. The van der Waals surface area contributed by atoms with Crippen LogP contribution in [0.15, 0.2) is 59.2 Å². The molecule has 8 heteroatoms. The summed E-state index contributed by atoms with van der Waals surface area (Å²) in [6, 6.07) is 14.2. The number of rotatable bonds is 5. The minimum Gasteiger partial charge on any atom is -0.444 e. The van der Waals surface area contributed by atoms with Gasteiger partial charge in [-0.2, -0.15) is 8.78 Å². The second-order valence-electron chi connectivity index (χ2n) is 6.33. The predicted octanol–water partition coefficient (Wildman–Crippen LogP) is 4.18. The number of ether oxygens (including phenoxy) is 1. The van der Waals surface area contributed by atoms with Gasteiger partial charge in [0.05, 0.1) is 0 Å². The number of hydrogen-bond acceptors (Lipinski definition) is 5. The molecule has 2 aromatic carbocycles. The molecule has 1 saturated heterocycles. The van der Waals surface area contributed by atoms with Crippen LogP contribution in [-0.2, 0) is 10.8 Å². The molecule has 0 spiro atoms. The Labute approximate surface area is 163 Å². The highest BCUT2D eigenvalue weighted by molar-refractivity contribution is 7.85. The lowest BCUT2D eigenvalue weighted by atomic mass is 10.1. The molecule has 1 aromatic heterocycles. The standard InChI is InChI=1S/C20H18F2N2O3S/c21-20(22)27-17-3-1-2-15(12-17)19-23-18(13-26-19)14-4-6-16(7-5-14)24-8-10-28(25)11-9-24/h1-7,12-13,20H,8-11H2. The second-order valence-corrected chi connectivity index (χ2v) is 8.02. The van der Waals surface area contributed by atoms with Crippen molar-refractivity contribution in [2.75, 3.05) is 29.5 Å². The van der Waals surface area contributed by atoms with E-state index >= 15 is 0 Å². The monoisotopic (exact) mass is 404 g/mol. The summed E-state index contributed by atoms with van der Waals surface area (Å²) in [5, 5.41) is 0. The van der Waals surface area contributed by atoms with Gasteiger partial charge in [-0.15, -0.1) is 0 Å². The third-order valence-electron chi connectivity index (χ3n) is 4.52. The van der Waals surface area contributed by atoms with Gasteiger partial charge in [0.25, 0.3) is 0 Å². The first-order valence-corrected chi connectivity index (χ1v) is 10.3. The summed E-state index contributed by atoms with van der Waals surface area (Å²) in [5.74, 6) is 1.78. The Morgan fingerprint density at radius 1 is 1.07 bits per heavy atom. The zero-order valence-electron chi connectivity index (χ0n) is 14.9. The molecule has 1 aliphatic rings. The number of alkyl halides is 2. The Morgan fingerprint density at radius 2 is 1.82 bits per heavy atom. The number of halogens is 2. The molecule has 146 valence electrons. The van der Waals surface area contributed by atoms with Gasteiger partial charge in [0, 0.05) is 52.2 Å². The van der Waals surface area contributed by atoms with Crippen LogP contribution in [0.5, 0.6) is 5.75 Å². The topological polar surface area (TPSA) is 55.6 Å². The number of oxazole rings is 1. The van der Waals surface area contributed by atoms with Crippen molar-refractivity contribution in [2.24, 2.45) is 0 Å². The molecule has 28 heavy (non-hydrogen) atoms. The van der Waals surface area contributed by atoms with Crippen molar-refractivity contribution in [3.8, 4) is 28.5 Å². The highest BCUT2D eigenvalue weighted by Crippen LogP contribution is 2.28. The highest BCUT2D eigenvalue weighted by Gasteiger charge is 2.16. The molecule has 5 nitrogen and oxygen atoms in total. The van der Waals surface area contributed by atoms with Crippen molar-refractivity contribution < 1.29 is 22.1 Å². The molecule has 4 rings (SSSR count). The van der Waals surface area contributed by atoms with Crippen LogP contribution >= 0.6 is 0 Å². The van der Waals surface area contributed by atoms with Gasteiger partial charge in [0.2, 0.25) is 5.89 Å². The minimum absolute atomic E-state index is 0.0547. The van der Waals surface area contributed by atoms with Crippen molar-refractivity contribution in [1.29, 1.82) is 0 Å². The Balaban J connectivity index is 1.50. The van der Waals surface area contributed by atoms with Gasteiger partial charge in [-0.1, -0.05) is 18.2 Å². The molecule has 0 bridgehead atoms. The van der Waals surface area contributed by atoms with Gasteiger partial charge in [-0.25, -0.2) is 4.98 Å². The van der Waals surface area contributed by atoms with Crippen LogP contribution in [0.25, 0.3) is 22.7 Å². The Morgan fingerprint density at radius 3 is 2.54 bits per heavy atom. The smallest absolute Gasteiger partial charge is 0.387 e. The first-order chi connectivity index (χ1) is 13.6. The Hall–Kier alpha value is -2.74. The van der Waals surface area contributed by atoms with Crippen LogP contribution in [0.3, 0.4) is 0 Å². The quantitative estimate of drug-likeness (QED) is 0.639. The molecule has 0 aliphatic carbocycles. The van der Waals surface area contributed by atoms with Crippen LogP contribution in [0.2, 0.25) is 0 Å². The number of benzene rings is 2. The molecule has 3 aromatic rings.